The van der Waals surface area contributed by atoms with Gasteiger partial charge in [0.05, 0.1) is 11.6 Å². The largest absolute Gasteiger partial charge is 0.416 e. The highest BCUT2D eigenvalue weighted by Gasteiger charge is 2.31. The van der Waals surface area contributed by atoms with Crippen molar-refractivity contribution in [3.8, 4) is 6.07 Å². The van der Waals surface area contributed by atoms with Gasteiger partial charge in [0.15, 0.2) is 11.7 Å². The summed E-state index contributed by atoms with van der Waals surface area (Å²) in [6.07, 6.45) is -3.58. The first kappa shape index (κ1) is 18.1. The minimum absolute atomic E-state index is 0.0747. The Bertz CT molecular complexity index is 814. The lowest BCUT2D eigenvalue weighted by Crippen LogP contribution is -2.30. The Morgan fingerprint density at radius 3 is 2.56 bits per heavy atom. The number of pyridine rings is 1. The fourth-order valence-corrected chi connectivity index (χ4v) is 2.07. The van der Waals surface area contributed by atoms with Gasteiger partial charge < -0.3 is 5.32 Å². The second-order valence-corrected chi connectivity index (χ2v) is 5.11. The number of amides is 1. The van der Waals surface area contributed by atoms with Gasteiger partial charge in [-0.15, -0.1) is 0 Å². The number of carbonyl (C=O) groups excluding carboxylic acids is 2. The number of alkyl halides is 3. The van der Waals surface area contributed by atoms with Gasteiger partial charge in [0, 0.05) is 12.6 Å². The number of anilines is 1. The number of carbonyl (C=O) groups is 2. The van der Waals surface area contributed by atoms with Crippen LogP contribution in [0.1, 0.15) is 11.1 Å². The van der Waals surface area contributed by atoms with E-state index in [0.29, 0.717) is 0 Å². The Labute approximate surface area is 141 Å². The van der Waals surface area contributed by atoms with Gasteiger partial charge in [0.2, 0.25) is 0 Å². The summed E-state index contributed by atoms with van der Waals surface area (Å²) >= 11 is 0. The number of ketones is 1. The van der Waals surface area contributed by atoms with Gasteiger partial charge in [-0.1, -0.05) is 24.3 Å². The number of nitrogens with zero attached hydrogens (tertiary/aromatic N) is 2. The molecule has 0 aliphatic carbocycles. The van der Waals surface area contributed by atoms with Crippen LogP contribution in [0.5, 0.6) is 0 Å². The van der Waals surface area contributed by atoms with E-state index in [1.165, 1.54) is 24.4 Å². The van der Waals surface area contributed by atoms with Crippen LogP contribution in [0.4, 0.5) is 19.0 Å². The minimum atomic E-state index is -4.54. The molecule has 5 nitrogen and oxygen atoms in total. The molecule has 0 saturated heterocycles. The summed E-state index contributed by atoms with van der Waals surface area (Å²) in [5.74, 6) is -3.15. The molecule has 0 aliphatic rings. The van der Waals surface area contributed by atoms with Crippen LogP contribution in [0.25, 0.3) is 0 Å². The van der Waals surface area contributed by atoms with Crippen molar-refractivity contribution in [2.45, 2.75) is 12.6 Å². The van der Waals surface area contributed by atoms with Crippen LogP contribution < -0.4 is 5.32 Å². The average molecular weight is 347 g/mol. The lowest BCUT2D eigenvalue weighted by atomic mass is 9.97. The summed E-state index contributed by atoms with van der Waals surface area (Å²) in [4.78, 5) is 28.0. The number of nitriles is 1. The second-order valence-electron chi connectivity index (χ2n) is 5.11. The Kier molecular flexibility index (Phi) is 5.49. The third-order valence-electron chi connectivity index (χ3n) is 3.26. The lowest BCUT2D eigenvalue weighted by Gasteiger charge is -2.11. The zero-order valence-corrected chi connectivity index (χ0v) is 12.7. The number of aromatic nitrogens is 1. The molecule has 1 atom stereocenters. The molecule has 1 aromatic carbocycles. The number of rotatable bonds is 5. The third kappa shape index (κ3) is 4.88. The average Bonchev–Trinajstić information content (AvgIpc) is 2.56. The van der Waals surface area contributed by atoms with E-state index in [4.69, 9.17) is 5.26 Å². The standard InChI is InChI=1S/C17H12F3N3O2/c18-17(19,20)12-5-3-4-11(8-12)9-14(24)13(10-21)16(25)23-15-6-1-2-7-22-15/h1-8,13H,9H2,(H,22,23,25)/t13-/m0/s1. The predicted molar refractivity (Wildman–Crippen MR) is 82.1 cm³/mol. The van der Waals surface area contributed by atoms with Crippen molar-refractivity contribution in [2.24, 2.45) is 5.92 Å². The first-order chi connectivity index (χ1) is 11.8. The normalized spacial score (nSPS) is 12.1. The first-order valence-corrected chi connectivity index (χ1v) is 7.11. The highest BCUT2D eigenvalue weighted by Crippen LogP contribution is 2.29. The van der Waals surface area contributed by atoms with Crippen molar-refractivity contribution >= 4 is 17.5 Å². The van der Waals surface area contributed by atoms with Crippen molar-refractivity contribution in [1.29, 1.82) is 5.26 Å². The molecule has 1 heterocycles. The SMILES string of the molecule is N#C[C@@H](C(=O)Cc1cccc(C(F)(F)F)c1)C(=O)Nc1ccccn1. The predicted octanol–water partition coefficient (Wildman–Crippen LogP) is 2.99. The molecule has 0 unspecified atom stereocenters. The molecule has 1 aromatic heterocycles. The maximum Gasteiger partial charge on any atom is 0.416 e. The number of nitrogens with one attached hydrogen (secondary N) is 1. The van der Waals surface area contributed by atoms with Gasteiger partial charge in [-0.2, -0.15) is 18.4 Å². The highest BCUT2D eigenvalue weighted by atomic mass is 19.4. The van der Waals surface area contributed by atoms with Crippen molar-refractivity contribution in [1.82, 2.24) is 4.98 Å². The van der Waals surface area contributed by atoms with Crippen molar-refractivity contribution < 1.29 is 22.8 Å². The monoisotopic (exact) mass is 347 g/mol. The summed E-state index contributed by atoms with van der Waals surface area (Å²) < 4.78 is 38.1. The van der Waals surface area contributed by atoms with Gasteiger partial charge >= 0.3 is 6.18 Å². The fraction of sp³-hybridized carbons (Fsp3) is 0.176. The van der Waals surface area contributed by atoms with Crippen LogP contribution in [0, 0.1) is 17.2 Å². The van der Waals surface area contributed by atoms with Crippen LogP contribution in [0.15, 0.2) is 48.7 Å². The van der Waals surface area contributed by atoms with E-state index < -0.39 is 35.8 Å². The van der Waals surface area contributed by atoms with Crippen LogP contribution in [0.3, 0.4) is 0 Å². The van der Waals surface area contributed by atoms with Crippen LogP contribution in [-0.4, -0.2) is 16.7 Å². The molecule has 0 spiro atoms. The molecular weight excluding hydrogens is 335 g/mol. The fourth-order valence-electron chi connectivity index (χ4n) is 2.07. The van der Waals surface area contributed by atoms with Crippen molar-refractivity contribution in [3.63, 3.8) is 0 Å². The maximum absolute atomic E-state index is 12.7. The second kappa shape index (κ2) is 7.57. The Morgan fingerprint density at radius 2 is 1.96 bits per heavy atom. The van der Waals surface area contributed by atoms with Crippen LogP contribution in [-0.2, 0) is 22.2 Å². The molecule has 8 heteroatoms. The van der Waals surface area contributed by atoms with Crippen LogP contribution in [0.2, 0.25) is 0 Å². The topological polar surface area (TPSA) is 82.8 Å². The summed E-state index contributed by atoms with van der Waals surface area (Å²) in [5.41, 5.74) is -0.824. The summed E-state index contributed by atoms with van der Waals surface area (Å²) in [5, 5.41) is 11.4. The smallest absolute Gasteiger partial charge is 0.309 e. The van der Waals surface area contributed by atoms with E-state index in [0.717, 1.165) is 12.1 Å². The molecule has 0 fully saturated rings. The Morgan fingerprint density at radius 1 is 1.20 bits per heavy atom. The first-order valence-electron chi connectivity index (χ1n) is 7.11. The van der Waals surface area contributed by atoms with Crippen molar-refractivity contribution in [2.75, 3.05) is 5.32 Å². The molecule has 2 aromatic rings. The molecular formula is C17H12F3N3O2. The van der Waals surface area contributed by atoms with Gasteiger partial charge in [-0.3, -0.25) is 9.59 Å². The zero-order valence-electron chi connectivity index (χ0n) is 12.7. The van der Waals surface area contributed by atoms with Gasteiger partial charge in [-0.25, -0.2) is 4.98 Å². The number of Topliss-reactive ketones (excluding diaryl/α,β-unsaturated/α-hetero) is 1. The number of hydrogen-bond donors (Lipinski definition) is 1. The van der Waals surface area contributed by atoms with E-state index >= 15 is 0 Å². The Balaban J connectivity index is 2.10. The molecule has 1 amide bonds. The number of halogens is 3. The molecule has 1 N–H and O–H groups in total. The minimum Gasteiger partial charge on any atom is -0.309 e. The van der Waals surface area contributed by atoms with Crippen LogP contribution >= 0.6 is 0 Å². The Hall–Kier alpha value is -3.21. The molecule has 0 saturated carbocycles. The number of hydrogen-bond acceptors (Lipinski definition) is 4. The van der Waals surface area contributed by atoms with Gasteiger partial charge in [-0.05, 0) is 23.8 Å². The lowest BCUT2D eigenvalue weighted by molar-refractivity contribution is -0.138. The quantitative estimate of drug-likeness (QED) is 0.843. The van der Waals surface area contributed by atoms with Gasteiger partial charge in [0.25, 0.3) is 5.91 Å². The maximum atomic E-state index is 12.7. The van der Waals surface area contributed by atoms with E-state index in [9.17, 15) is 22.8 Å². The van der Waals surface area contributed by atoms with E-state index in [-0.39, 0.29) is 11.4 Å². The molecule has 0 bridgehead atoms. The van der Waals surface area contributed by atoms with Gasteiger partial charge in [0.1, 0.15) is 5.82 Å². The van der Waals surface area contributed by atoms with Crippen molar-refractivity contribution in [3.05, 3.63) is 59.8 Å². The van der Waals surface area contributed by atoms with E-state index in [1.54, 1.807) is 18.2 Å². The summed E-state index contributed by atoms with van der Waals surface area (Å²) in [7, 11) is 0. The van der Waals surface area contributed by atoms with E-state index in [2.05, 4.69) is 10.3 Å². The van der Waals surface area contributed by atoms with E-state index in [1.807, 2.05) is 0 Å². The molecule has 2 rings (SSSR count). The third-order valence-corrected chi connectivity index (χ3v) is 3.26. The molecule has 25 heavy (non-hydrogen) atoms. The summed E-state index contributed by atoms with van der Waals surface area (Å²) in [6.45, 7) is 0. The zero-order chi connectivity index (χ0) is 18.4. The molecule has 128 valence electrons. The highest BCUT2D eigenvalue weighted by molar-refractivity contribution is 6.09. The molecule has 0 radical (unpaired) electrons. The number of benzene rings is 1. The molecule has 0 aliphatic heterocycles. The summed E-state index contributed by atoms with van der Waals surface area (Å²) in [6, 6.07) is 10.5.